The maximum Gasteiger partial charge on any atom is 0.293 e. The zero-order valence-corrected chi connectivity index (χ0v) is 20.1. The van der Waals surface area contributed by atoms with Crippen LogP contribution in [0.25, 0.3) is 17.0 Å². The topological polar surface area (TPSA) is 60.8 Å². The maximum absolute atomic E-state index is 13.0. The van der Waals surface area contributed by atoms with Crippen LogP contribution >= 0.6 is 11.8 Å². The van der Waals surface area contributed by atoms with Gasteiger partial charge in [0.2, 0.25) is 0 Å². The SMILES string of the molecule is O=C1S/C(=C\c2cn(CCOc3ccccc3)c3ccccc23)C(=O)N1CCOc1ccc(F)cc1. The number of hydrogen-bond acceptors (Lipinski definition) is 5. The van der Waals surface area contributed by atoms with Crippen molar-refractivity contribution in [1.29, 1.82) is 0 Å². The third-order valence-corrected chi connectivity index (χ3v) is 6.63. The van der Waals surface area contributed by atoms with Crippen molar-refractivity contribution in [3.8, 4) is 11.5 Å². The van der Waals surface area contributed by atoms with Gasteiger partial charge in [0.05, 0.1) is 18.0 Å². The number of hydrogen-bond donors (Lipinski definition) is 0. The van der Waals surface area contributed by atoms with E-state index in [1.807, 2.05) is 60.8 Å². The van der Waals surface area contributed by atoms with Crippen molar-refractivity contribution in [2.24, 2.45) is 0 Å². The minimum Gasteiger partial charge on any atom is -0.492 e. The lowest BCUT2D eigenvalue weighted by Gasteiger charge is -2.13. The molecule has 182 valence electrons. The van der Waals surface area contributed by atoms with E-state index in [4.69, 9.17) is 9.47 Å². The van der Waals surface area contributed by atoms with Gasteiger partial charge in [-0.25, -0.2) is 4.39 Å². The van der Waals surface area contributed by atoms with Crippen molar-refractivity contribution in [3.63, 3.8) is 0 Å². The molecule has 0 bridgehead atoms. The summed E-state index contributed by atoms with van der Waals surface area (Å²) in [6.07, 6.45) is 3.74. The third kappa shape index (κ3) is 5.28. The molecule has 1 aliphatic rings. The first kappa shape index (κ1) is 23.7. The van der Waals surface area contributed by atoms with Crippen LogP contribution in [-0.2, 0) is 11.3 Å². The van der Waals surface area contributed by atoms with Crippen LogP contribution < -0.4 is 9.47 Å². The molecule has 0 aliphatic carbocycles. The Kier molecular flexibility index (Phi) is 7.04. The summed E-state index contributed by atoms with van der Waals surface area (Å²) in [5, 5.41) is 0.651. The normalized spacial score (nSPS) is 14.7. The van der Waals surface area contributed by atoms with Gasteiger partial charge in [0.1, 0.15) is 30.5 Å². The van der Waals surface area contributed by atoms with E-state index in [2.05, 4.69) is 4.57 Å². The molecular weight excluding hydrogens is 479 g/mol. The molecule has 2 amide bonds. The molecular formula is C28H23FN2O4S. The Hall–Kier alpha value is -4.04. The van der Waals surface area contributed by atoms with Gasteiger partial charge in [-0.2, -0.15) is 0 Å². The Morgan fingerprint density at radius 2 is 1.47 bits per heavy atom. The van der Waals surface area contributed by atoms with Crippen LogP contribution in [0.2, 0.25) is 0 Å². The molecule has 0 saturated carbocycles. The largest absolute Gasteiger partial charge is 0.492 e. The molecule has 6 nitrogen and oxygen atoms in total. The number of carbonyl (C=O) groups excluding carboxylic acids is 2. The number of carbonyl (C=O) groups is 2. The smallest absolute Gasteiger partial charge is 0.293 e. The van der Waals surface area contributed by atoms with Gasteiger partial charge in [0.15, 0.2) is 0 Å². The number of imide groups is 1. The highest BCUT2D eigenvalue weighted by atomic mass is 32.2. The van der Waals surface area contributed by atoms with Gasteiger partial charge in [-0.15, -0.1) is 0 Å². The minimum absolute atomic E-state index is 0.109. The number of aromatic nitrogens is 1. The second-order valence-corrected chi connectivity index (χ2v) is 9.09. The number of amides is 2. The molecule has 0 unspecified atom stereocenters. The van der Waals surface area contributed by atoms with E-state index in [-0.39, 0.29) is 30.1 Å². The van der Waals surface area contributed by atoms with E-state index in [0.29, 0.717) is 23.8 Å². The first-order valence-corrected chi connectivity index (χ1v) is 12.3. The molecule has 8 heteroatoms. The van der Waals surface area contributed by atoms with Gasteiger partial charge >= 0.3 is 0 Å². The first-order valence-electron chi connectivity index (χ1n) is 11.5. The highest BCUT2D eigenvalue weighted by Gasteiger charge is 2.35. The monoisotopic (exact) mass is 502 g/mol. The molecule has 1 saturated heterocycles. The molecule has 1 aromatic heterocycles. The number of nitrogens with zero attached hydrogens (tertiary/aromatic N) is 2. The van der Waals surface area contributed by atoms with Gasteiger partial charge in [-0.05, 0) is 60.3 Å². The molecule has 5 rings (SSSR count). The summed E-state index contributed by atoms with van der Waals surface area (Å²) in [5.41, 5.74) is 1.88. The number of fused-ring (bicyclic) bond motifs is 1. The van der Waals surface area contributed by atoms with Crippen LogP contribution in [0.1, 0.15) is 5.56 Å². The van der Waals surface area contributed by atoms with Gasteiger partial charge in [0.25, 0.3) is 11.1 Å². The molecule has 0 radical (unpaired) electrons. The molecule has 3 aromatic carbocycles. The van der Waals surface area contributed by atoms with Crippen LogP contribution in [0.3, 0.4) is 0 Å². The van der Waals surface area contributed by atoms with Gasteiger partial charge in [-0.3, -0.25) is 14.5 Å². The number of thioether (sulfide) groups is 1. The number of halogens is 1. The Balaban J connectivity index is 1.27. The average Bonchev–Trinajstić information content (AvgIpc) is 3.37. The zero-order chi connectivity index (χ0) is 24.9. The fraction of sp³-hybridized carbons (Fsp3) is 0.143. The molecule has 0 N–H and O–H groups in total. The second-order valence-electron chi connectivity index (χ2n) is 8.09. The summed E-state index contributed by atoms with van der Waals surface area (Å²) in [5.74, 6) is 0.578. The van der Waals surface area contributed by atoms with Crippen LogP contribution in [0.4, 0.5) is 9.18 Å². The Morgan fingerprint density at radius 1 is 0.806 bits per heavy atom. The Labute approximate surface area is 211 Å². The van der Waals surface area contributed by atoms with E-state index in [0.717, 1.165) is 34.0 Å². The van der Waals surface area contributed by atoms with Crippen molar-refractivity contribution < 1.29 is 23.5 Å². The lowest BCUT2D eigenvalue weighted by Crippen LogP contribution is -2.32. The Bertz CT molecular complexity index is 1420. The molecule has 1 aliphatic heterocycles. The molecule has 4 aromatic rings. The summed E-state index contributed by atoms with van der Waals surface area (Å²) in [4.78, 5) is 27.0. The van der Waals surface area contributed by atoms with Crippen molar-refractivity contribution in [3.05, 3.63) is 101 Å². The quantitative estimate of drug-likeness (QED) is 0.264. The molecule has 36 heavy (non-hydrogen) atoms. The zero-order valence-electron chi connectivity index (χ0n) is 19.3. The third-order valence-electron chi connectivity index (χ3n) is 5.72. The molecule has 1 fully saturated rings. The predicted molar refractivity (Wildman–Crippen MR) is 138 cm³/mol. The van der Waals surface area contributed by atoms with Crippen LogP contribution in [-0.4, -0.2) is 40.4 Å². The molecule has 0 spiro atoms. The lowest BCUT2D eigenvalue weighted by molar-refractivity contribution is -0.123. The van der Waals surface area contributed by atoms with Crippen LogP contribution in [0.5, 0.6) is 11.5 Å². The fourth-order valence-electron chi connectivity index (χ4n) is 3.97. The number of ether oxygens (including phenoxy) is 2. The van der Waals surface area contributed by atoms with E-state index in [1.54, 1.807) is 6.08 Å². The van der Waals surface area contributed by atoms with Crippen molar-refractivity contribution in [1.82, 2.24) is 9.47 Å². The standard InChI is InChI=1S/C28H23FN2O4S/c29-21-10-12-23(13-11-21)35-17-15-31-27(32)26(36-28(31)33)18-20-19-30(25-9-5-4-8-24(20)25)14-16-34-22-6-2-1-3-7-22/h1-13,18-19H,14-17H2/b26-18-. The summed E-state index contributed by atoms with van der Waals surface area (Å²) in [6, 6.07) is 23.2. The highest BCUT2D eigenvalue weighted by molar-refractivity contribution is 8.18. The van der Waals surface area contributed by atoms with E-state index in [1.165, 1.54) is 29.2 Å². The number of benzene rings is 3. The van der Waals surface area contributed by atoms with E-state index < -0.39 is 0 Å². The van der Waals surface area contributed by atoms with E-state index in [9.17, 15) is 14.0 Å². The van der Waals surface area contributed by atoms with Crippen molar-refractivity contribution in [2.45, 2.75) is 6.54 Å². The number of rotatable bonds is 9. The number of para-hydroxylation sites is 2. The van der Waals surface area contributed by atoms with Crippen LogP contribution in [0.15, 0.2) is 90.0 Å². The summed E-state index contributed by atoms with van der Waals surface area (Å²) in [6.45, 7) is 1.35. The highest BCUT2D eigenvalue weighted by Crippen LogP contribution is 2.34. The van der Waals surface area contributed by atoms with Crippen molar-refractivity contribution in [2.75, 3.05) is 19.8 Å². The van der Waals surface area contributed by atoms with Gasteiger partial charge in [-0.1, -0.05) is 36.4 Å². The predicted octanol–water partition coefficient (Wildman–Crippen LogP) is 5.97. The summed E-state index contributed by atoms with van der Waals surface area (Å²) in [7, 11) is 0. The second kappa shape index (κ2) is 10.7. The van der Waals surface area contributed by atoms with Gasteiger partial charge in [0, 0.05) is 22.7 Å². The van der Waals surface area contributed by atoms with Crippen molar-refractivity contribution >= 4 is 39.9 Å². The minimum atomic E-state index is -0.358. The molecule has 0 atom stereocenters. The average molecular weight is 503 g/mol. The first-order chi connectivity index (χ1) is 17.6. The Morgan fingerprint density at radius 3 is 2.25 bits per heavy atom. The fourth-order valence-corrected chi connectivity index (χ4v) is 4.83. The van der Waals surface area contributed by atoms with Gasteiger partial charge < -0.3 is 14.0 Å². The summed E-state index contributed by atoms with van der Waals surface area (Å²) < 4.78 is 26.5. The maximum atomic E-state index is 13.0. The summed E-state index contributed by atoms with van der Waals surface area (Å²) >= 11 is 0.917. The lowest BCUT2D eigenvalue weighted by atomic mass is 10.1. The van der Waals surface area contributed by atoms with E-state index >= 15 is 0 Å². The molecule has 2 heterocycles. The van der Waals surface area contributed by atoms with Crippen LogP contribution in [0, 0.1) is 5.82 Å².